The molecule has 96 valence electrons. The number of aromatic amines is 1. The summed E-state index contributed by atoms with van der Waals surface area (Å²) in [7, 11) is -4.17. The molecule has 2 N–H and O–H groups in total. The van der Waals surface area contributed by atoms with E-state index in [2.05, 4.69) is 4.98 Å². The molecule has 0 saturated heterocycles. The summed E-state index contributed by atoms with van der Waals surface area (Å²) in [6.45, 7) is 0. The molecule has 0 spiro atoms. The molecule has 1 heterocycles. The first-order valence-electron chi connectivity index (χ1n) is 5.70. The van der Waals surface area contributed by atoms with Crippen molar-refractivity contribution < 1.29 is 13.0 Å². The van der Waals surface area contributed by atoms with Crippen molar-refractivity contribution in [2.24, 2.45) is 0 Å². The lowest BCUT2D eigenvalue weighted by Gasteiger charge is -1.96. The summed E-state index contributed by atoms with van der Waals surface area (Å²) in [5.41, 5.74) is 2.60. The molecule has 3 rings (SSSR count). The fraction of sp³-hybridized carbons (Fsp3) is 0. The van der Waals surface area contributed by atoms with Gasteiger partial charge in [-0.25, -0.2) is 0 Å². The predicted octanol–water partition coefficient (Wildman–Crippen LogP) is 3.08. The Kier molecular flexibility index (Phi) is 2.66. The van der Waals surface area contributed by atoms with E-state index in [1.165, 1.54) is 12.1 Å². The van der Waals surface area contributed by atoms with Crippen LogP contribution >= 0.6 is 0 Å². The largest absolute Gasteiger partial charge is 0.354 e. The number of H-pyrrole nitrogens is 1. The first-order chi connectivity index (χ1) is 9.04. The number of benzene rings is 2. The topological polar surface area (TPSA) is 70.2 Å². The zero-order valence-electron chi connectivity index (χ0n) is 9.87. The highest BCUT2D eigenvalue weighted by molar-refractivity contribution is 7.85. The Morgan fingerprint density at radius 2 is 1.68 bits per heavy atom. The third-order valence-corrected chi connectivity index (χ3v) is 3.83. The van der Waals surface area contributed by atoms with Gasteiger partial charge >= 0.3 is 0 Å². The van der Waals surface area contributed by atoms with Crippen LogP contribution in [0.5, 0.6) is 0 Å². The molecule has 19 heavy (non-hydrogen) atoms. The molecule has 0 unspecified atom stereocenters. The minimum absolute atomic E-state index is 0.110. The Hall–Kier alpha value is -2.11. The number of rotatable bonds is 2. The van der Waals surface area contributed by atoms with E-state index in [1.807, 2.05) is 36.4 Å². The molecule has 0 radical (unpaired) electrons. The van der Waals surface area contributed by atoms with Gasteiger partial charge in [0.1, 0.15) is 0 Å². The summed E-state index contributed by atoms with van der Waals surface area (Å²) in [6, 6.07) is 16.2. The van der Waals surface area contributed by atoms with E-state index in [1.54, 1.807) is 6.07 Å². The second-order valence-electron chi connectivity index (χ2n) is 4.27. The van der Waals surface area contributed by atoms with E-state index >= 15 is 0 Å². The van der Waals surface area contributed by atoms with Crippen molar-refractivity contribution in [1.82, 2.24) is 4.98 Å². The molecule has 0 aliphatic rings. The standard InChI is InChI=1S/C14H11NO3S/c16-19(17,18)12-7-6-11-8-13(15-14(11)9-12)10-4-2-1-3-5-10/h1-9,15H,(H,16,17,18). The van der Waals surface area contributed by atoms with E-state index in [0.29, 0.717) is 5.52 Å². The quantitative estimate of drug-likeness (QED) is 0.705. The number of hydrogen-bond donors (Lipinski definition) is 2. The van der Waals surface area contributed by atoms with Crippen LogP contribution in [-0.4, -0.2) is 18.0 Å². The fourth-order valence-corrected chi connectivity index (χ4v) is 2.55. The summed E-state index contributed by atoms with van der Waals surface area (Å²) in [4.78, 5) is 3.04. The SMILES string of the molecule is O=S(=O)(O)c1ccc2cc(-c3ccccc3)[nH]c2c1. The van der Waals surface area contributed by atoms with Crippen molar-refractivity contribution in [1.29, 1.82) is 0 Å². The van der Waals surface area contributed by atoms with Crippen molar-refractivity contribution in [3.63, 3.8) is 0 Å². The van der Waals surface area contributed by atoms with Crippen molar-refractivity contribution >= 4 is 21.0 Å². The number of aromatic nitrogens is 1. The van der Waals surface area contributed by atoms with Crippen LogP contribution in [0.3, 0.4) is 0 Å². The lowest BCUT2D eigenvalue weighted by atomic mass is 10.1. The average Bonchev–Trinajstić information content (AvgIpc) is 2.81. The van der Waals surface area contributed by atoms with E-state index < -0.39 is 10.1 Å². The zero-order chi connectivity index (χ0) is 13.5. The Balaban J connectivity index is 2.17. The normalized spacial score (nSPS) is 11.8. The molecule has 1 aromatic heterocycles. The van der Waals surface area contributed by atoms with Gasteiger partial charge in [-0.05, 0) is 23.8 Å². The van der Waals surface area contributed by atoms with Crippen LogP contribution in [0.15, 0.2) is 59.5 Å². The Labute approximate surface area is 110 Å². The van der Waals surface area contributed by atoms with Crippen LogP contribution in [-0.2, 0) is 10.1 Å². The van der Waals surface area contributed by atoms with Gasteiger partial charge in [-0.15, -0.1) is 0 Å². The molecule has 3 aromatic rings. The van der Waals surface area contributed by atoms with Crippen LogP contribution in [0.2, 0.25) is 0 Å². The highest BCUT2D eigenvalue weighted by Crippen LogP contribution is 2.25. The van der Waals surface area contributed by atoms with Crippen molar-refractivity contribution in [3.8, 4) is 11.3 Å². The van der Waals surface area contributed by atoms with Crippen molar-refractivity contribution in [2.75, 3.05) is 0 Å². The van der Waals surface area contributed by atoms with Crippen LogP contribution < -0.4 is 0 Å². The molecule has 0 aliphatic heterocycles. The highest BCUT2D eigenvalue weighted by atomic mass is 32.2. The van der Waals surface area contributed by atoms with Gasteiger partial charge in [0.15, 0.2) is 0 Å². The van der Waals surface area contributed by atoms with Crippen LogP contribution in [0, 0.1) is 0 Å². The van der Waals surface area contributed by atoms with E-state index in [-0.39, 0.29) is 4.90 Å². The minimum Gasteiger partial charge on any atom is -0.354 e. The van der Waals surface area contributed by atoms with Crippen molar-refractivity contribution in [2.45, 2.75) is 4.90 Å². The summed E-state index contributed by atoms with van der Waals surface area (Å²) in [5, 5.41) is 0.895. The van der Waals surface area contributed by atoms with Gasteiger partial charge in [-0.2, -0.15) is 8.42 Å². The highest BCUT2D eigenvalue weighted by Gasteiger charge is 2.11. The molecular formula is C14H11NO3S. The maximum absolute atomic E-state index is 11.1. The summed E-state index contributed by atoms with van der Waals surface area (Å²) in [6.07, 6.45) is 0. The third-order valence-electron chi connectivity index (χ3n) is 2.98. The Bertz CT molecular complexity index is 836. The van der Waals surface area contributed by atoms with Gasteiger partial charge in [0.25, 0.3) is 10.1 Å². The van der Waals surface area contributed by atoms with Gasteiger partial charge in [0.2, 0.25) is 0 Å². The van der Waals surface area contributed by atoms with Gasteiger partial charge in [0, 0.05) is 16.6 Å². The van der Waals surface area contributed by atoms with E-state index in [0.717, 1.165) is 16.6 Å². The first-order valence-corrected chi connectivity index (χ1v) is 7.14. The van der Waals surface area contributed by atoms with Crippen LogP contribution in [0.25, 0.3) is 22.2 Å². The third kappa shape index (κ3) is 2.25. The lowest BCUT2D eigenvalue weighted by Crippen LogP contribution is -1.97. The second kappa shape index (κ2) is 4.22. The number of hydrogen-bond acceptors (Lipinski definition) is 2. The lowest BCUT2D eigenvalue weighted by molar-refractivity contribution is 0.483. The van der Waals surface area contributed by atoms with Gasteiger partial charge in [-0.1, -0.05) is 36.4 Å². The van der Waals surface area contributed by atoms with Gasteiger partial charge < -0.3 is 4.98 Å². The fourth-order valence-electron chi connectivity index (χ4n) is 2.04. The maximum atomic E-state index is 11.1. The average molecular weight is 273 g/mol. The molecule has 2 aromatic carbocycles. The maximum Gasteiger partial charge on any atom is 0.294 e. The molecule has 0 bridgehead atoms. The molecule has 4 nitrogen and oxygen atoms in total. The predicted molar refractivity (Wildman–Crippen MR) is 73.5 cm³/mol. The zero-order valence-corrected chi connectivity index (χ0v) is 10.7. The second-order valence-corrected chi connectivity index (χ2v) is 5.69. The molecule has 0 fully saturated rings. The smallest absolute Gasteiger partial charge is 0.294 e. The molecule has 0 saturated carbocycles. The number of nitrogens with one attached hydrogen (secondary N) is 1. The Morgan fingerprint density at radius 1 is 0.947 bits per heavy atom. The minimum atomic E-state index is -4.17. The molecule has 5 heteroatoms. The molecule has 0 amide bonds. The van der Waals surface area contributed by atoms with E-state index in [9.17, 15) is 8.42 Å². The summed E-state index contributed by atoms with van der Waals surface area (Å²) >= 11 is 0. The van der Waals surface area contributed by atoms with Crippen molar-refractivity contribution in [3.05, 3.63) is 54.6 Å². The molecule has 0 atom stereocenters. The summed E-state index contributed by atoms with van der Waals surface area (Å²) in [5.74, 6) is 0. The van der Waals surface area contributed by atoms with E-state index in [4.69, 9.17) is 4.55 Å². The first kappa shape index (κ1) is 12.0. The molecular weight excluding hydrogens is 262 g/mol. The van der Waals surface area contributed by atoms with Gasteiger partial charge in [-0.3, -0.25) is 4.55 Å². The number of fused-ring (bicyclic) bond motifs is 1. The Morgan fingerprint density at radius 3 is 2.37 bits per heavy atom. The van der Waals surface area contributed by atoms with Crippen LogP contribution in [0.4, 0.5) is 0 Å². The van der Waals surface area contributed by atoms with Crippen LogP contribution in [0.1, 0.15) is 0 Å². The summed E-state index contributed by atoms with van der Waals surface area (Å²) < 4.78 is 31.2. The molecule has 0 aliphatic carbocycles. The monoisotopic (exact) mass is 273 g/mol. The van der Waals surface area contributed by atoms with Gasteiger partial charge in [0.05, 0.1) is 4.90 Å².